The van der Waals surface area contributed by atoms with Crippen LogP contribution in [0.3, 0.4) is 0 Å². The van der Waals surface area contributed by atoms with E-state index in [-0.39, 0.29) is 25.9 Å². The standard InChI is InChI=1S/C45H66F4N5O10/c1-4-5-12-38-52-42-43(34-10-6-7-11-37(34)51-45(42)50)53(38)14-8-9-15-54(2,3)16-18-57-20-22-59-24-26-61-28-30-63-32-31-62-29-27-60-25-23-58-21-19-56-17-13-39(55)64-44-40(48)35(46)33-36(47)41(44)49/h6-7,10-11,33H,4-5,8-9,12-32H2,1-3H3,(H2,50,51)/q+1. The summed E-state index contributed by atoms with van der Waals surface area (Å²) in [5.74, 6) is -7.89. The smallest absolute Gasteiger partial charge is 0.313 e. The van der Waals surface area contributed by atoms with Gasteiger partial charge in [0.25, 0.3) is 0 Å². The van der Waals surface area contributed by atoms with E-state index < -0.39 is 41.4 Å². The average Bonchev–Trinajstić information content (AvgIpc) is 3.65. The lowest BCUT2D eigenvalue weighted by Gasteiger charge is -2.29. The number of aryl methyl sites for hydroxylation is 2. The zero-order chi connectivity index (χ0) is 46.0. The molecule has 4 aromatic rings. The molecule has 0 aliphatic carbocycles. The summed E-state index contributed by atoms with van der Waals surface area (Å²) in [5, 5.41) is 1.10. The van der Waals surface area contributed by atoms with Gasteiger partial charge in [-0.2, -0.15) is 8.78 Å². The Labute approximate surface area is 372 Å². The van der Waals surface area contributed by atoms with Crippen molar-refractivity contribution >= 4 is 33.7 Å². The molecule has 4 rings (SSSR count). The molecule has 64 heavy (non-hydrogen) atoms. The number of unbranched alkanes of at least 4 members (excludes halogenated alkanes) is 2. The molecule has 0 unspecified atom stereocenters. The number of likely N-dealkylation sites (N-methyl/N-ethyl adjacent to an activating group) is 1. The molecule has 0 fully saturated rings. The number of nitrogens with two attached hydrogens (primary N) is 1. The number of anilines is 1. The molecule has 0 aliphatic rings. The molecule has 0 aliphatic heterocycles. The number of carbonyl (C=O) groups is 1. The molecular weight excluding hydrogens is 847 g/mol. The van der Waals surface area contributed by atoms with Gasteiger partial charge in [0.2, 0.25) is 17.4 Å². The fourth-order valence-corrected chi connectivity index (χ4v) is 6.51. The number of nitrogen functional groups attached to an aromatic ring is 1. The minimum atomic E-state index is -1.79. The highest BCUT2D eigenvalue weighted by molar-refractivity contribution is 6.06. The molecule has 2 aromatic heterocycles. The van der Waals surface area contributed by atoms with E-state index in [2.05, 4.69) is 41.4 Å². The predicted octanol–water partition coefficient (Wildman–Crippen LogP) is 6.05. The van der Waals surface area contributed by atoms with E-state index in [1.165, 1.54) is 0 Å². The molecule has 19 heteroatoms. The Balaban J connectivity index is 0.877. The maximum atomic E-state index is 13.6. The van der Waals surface area contributed by atoms with Crippen LogP contribution in [0.4, 0.5) is 23.4 Å². The Kier molecular flexibility index (Phi) is 24.2. The first-order valence-electron chi connectivity index (χ1n) is 22.0. The van der Waals surface area contributed by atoms with Gasteiger partial charge < -0.3 is 57.4 Å². The Morgan fingerprint density at radius 2 is 1.16 bits per heavy atom. The number of quaternary nitrogens is 1. The quantitative estimate of drug-likeness (QED) is 0.0141. The summed E-state index contributed by atoms with van der Waals surface area (Å²) in [6, 6.07) is 8.19. The van der Waals surface area contributed by atoms with Crippen LogP contribution >= 0.6 is 0 Å². The molecule has 15 nitrogen and oxygen atoms in total. The number of ether oxygens (including phenoxy) is 9. The topological polar surface area (TPSA) is 157 Å². The van der Waals surface area contributed by atoms with Crippen LogP contribution in [0.1, 0.15) is 44.9 Å². The number of pyridine rings is 1. The highest BCUT2D eigenvalue weighted by Crippen LogP contribution is 2.30. The van der Waals surface area contributed by atoms with Crippen molar-refractivity contribution in [3.63, 3.8) is 0 Å². The second-order valence-corrected chi connectivity index (χ2v) is 15.5. The fraction of sp³-hybridized carbons (Fsp3) is 0.622. The summed E-state index contributed by atoms with van der Waals surface area (Å²) >= 11 is 0. The first kappa shape index (κ1) is 52.6. The van der Waals surface area contributed by atoms with Gasteiger partial charge in [-0.3, -0.25) is 4.79 Å². The van der Waals surface area contributed by atoms with Gasteiger partial charge in [-0.1, -0.05) is 31.5 Å². The number of fused-ring (bicyclic) bond motifs is 3. The molecule has 358 valence electrons. The molecule has 0 amide bonds. The van der Waals surface area contributed by atoms with Gasteiger partial charge in [0.05, 0.1) is 144 Å². The Bertz CT molecular complexity index is 1950. The van der Waals surface area contributed by atoms with Crippen LogP contribution in [0.25, 0.3) is 21.9 Å². The van der Waals surface area contributed by atoms with Crippen molar-refractivity contribution < 1.29 is 69.5 Å². The van der Waals surface area contributed by atoms with Crippen LogP contribution in [0, 0.1) is 23.3 Å². The Hall–Kier alpha value is -4.05. The number of hydrogen-bond acceptors (Lipinski definition) is 13. The van der Waals surface area contributed by atoms with Crippen molar-refractivity contribution in [2.24, 2.45) is 0 Å². The van der Waals surface area contributed by atoms with Crippen molar-refractivity contribution in [2.75, 3.05) is 139 Å². The predicted molar refractivity (Wildman–Crippen MR) is 232 cm³/mol. The SMILES string of the molecule is CCCCc1nc2c(N)nc3ccccc3c2n1CCCC[N+](C)(C)CCOCCOCCOCCOCCOCCOCCOCCOCCC(=O)Oc1c(F)c(F)cc(F)c1F. The van der Waals surface area contributed by atoms with Crippen molar-refractivity contribution in [3.05, 3.63) is 59.4 Å². The van der Waals surface area contributed by atoms with Crippen molar-refractivity contribution in [2.45, 2.75) is 52.0 Å². The minimum absolute atomic E-state index is 0.0221. The zero-order valence-corrected chi connectivity index (χ0v) is 37.5. The van der Waals surface area contributed by atoms with Gasteiger partial charge in [-0.15, -0.1) is 0 Å². The third kappa shape index (κ3) is 18.4. The highest BCUT2D eigenvalue weighted by atomic mass is 19.2. The van der Waals surface area contributed by atoms with E-state index in [0.717, 1.165) is 84.0 Å². The second-order valence-electron chi connectivity index (χ2n) is 15.5. The number of carbonyl (C=O) groups excluding carboxylic acids is 1. The molecule has 0 atom stereocenters. The lowest BCUT2D eigenvalue weighted by atomic mass is 10.1. The van der Waals surface area contributed by atoms with E-state index in [9.17, 15) is 22.4 Å². The molecule has 2 N–H and O–H groups in total. The van der Waals surface area contributed by atoms with Crippen LogP contribution < -0.4 is 10.5 Å². The summed E-state index contributed by atoms with van der Waals surface area (Å²) in [4.78, 5) is 21.3. The van der Waals surface area contributed by atoms with Crippen molar-refractivity contribution in [1.82, 2.24) is 14.5 Å². The summed E-state index contributed by atoms with van der Waals surface area (Å²) in [6.07, 6.45) is 4.86. The van der Waals surface area contributed by atoms with E-state index >= 15 is 0 Å². The highest BCUT2D eigenvalue weighted by Gasteiger charge is 2.23. The molecule has 0 spiro atoms. The molecule has 2 heterocycles. The van der Waals surface area contributed by atoms with Gasteiger partial charge in [0, 0.05) is 24.4 Å². The summed E-state index contributed by atoms with van der Waals surface area (Å²) in [6.45, 7) is 11.1. The number of nitrogens with zero attached hydrogens (tertiary/aromatic N) is 4. The van der Waals surface area contributed by atoms with Gasteiger partial charge in [-0.05, 0) is 25.3 Å². The van der Waals surface area contributed by atoms with Gasteiger partial charge >= 0.3 is 5.97 Å². The molecule has 0 saturated heterocycles. The summed E-state index contributed by atoms with van der Waals surface area (Å²) < 4.78 is 105. The number of hydrogen-bond donors (Lipinski definition) is 1. The molecule has 0 radical (unpaired) electrons. The Morgan fingerprint density at radius 3 is 1.69 bits per heavy atom. The summed E-state index contributed by atoms with van der Waals surface area (Å²) in [7, 11) is 4.49. The lowest BCUT2D eigenvalue weighted by molar-refractivity contribution is -0.891. The van der Waals surface area contributed by atoms with Crippen LogP contribution in [0.2, 0.25) is 0 Å². The monoisotopic (exact) mass is 912 g/mol. The fourth-order valence-electron chi connectivity index (χ4n) is 6.51. The lowest BCUT2D eigenvalue weighted by Crippen LogP contribution is -2.43. The molecule has 2 aromatic carbocycles. The molecular formula is C45H66F4N5O10+. The third-order valence-electron chi connectivity index (χ3n) is 10.0. The number of esters is 1. The van der Waals surface area contributed by atoms with Crippen LogP contribution in [-0.4, -0.2) is 158 Å². The summed E-state index contributed by atoms with van der Waals surface area (Å²) in [5.41, 5.74) is 9.18. The van der Waals surface area contributed by atoms with E-state index in [0.29, 0.717) is 91.7 Å². The normalized spacial score (nSPS) is 12.0. The maximum absolute atomic E-state index is 13.6. The number of rotatable bonds is 36. The van der Waals surface area contributed by atoms with E-state index in [4.69, 9.17) is 48.6 Å². The second kappa shape index (κ2) is 29.5. The van der Waals surface area contributed by atoms with Crippen LogP contribution in [0.5, 0.6) is 5.75 Å². The number of para-hydroxylation sites is 1. The first-order valence-corrected chi connectivity index (χ1v) is 22.0. The molecule has 0 bridgehead atoms. The minimum Gasteiger partial charge on any atom is -0.420 e. The zero-order valence-electron chi connectivity index (χ0n) is 37.5. The van der Waals surface area contributed by atoms with Gasteiger partial charge in [0.15, 0.2) is 17.5 Å². The van der Waals surface area contributed by atoms with Crippen molar-refractivity contribution in [1.29, 1.82) is 0 Å². The van der Waals surface area contributed by atoms with Crippen LogP contribution in [-0.2, 0) is 55.7 Å². The number of halogens is 4. The largest absolute Gasteiger partial charge is 0.420 e. The van der Waals surface area contributed by atoms with Crippen molar-refractivity contribution in [3.8, 4) is 5.75 Å². The van der Waals surface area contributed by atoms with Gasteiger partial charge in [0.1, 0.15) is 17.9 Å². The average molecular weight is 913 g/mol. The first-order chi connectivity index (χ1) is 31.0. The number of aromatic nitrogens is 3. The Morgan fingerprint density at radius 1 is 0.656 bits per heavy atom. The number of imidazole rings is 1. The number of benzene rings is 2. The molecule has 0 saturated carbocycles. The van der Waals surface area contributed by atoms with Crippen LogP contribution in [0.15, 0.2) is 30.3 Å². The maximum Gasteiger partial charge on any atom is 0.313 e. The van der Waals surface area contributed by atoms with E-state index in [1.54, 1.807) is 0 Å². The third-order valence-corrected chi connectivity index (χ3v) is 10.0. The van der Waals surface area contributed by atoms with E-state index in [1.807, 2.05) is 18.2 Å². The van der Waals surface area contributed by atoms with Gasteiger partial charge in [-0.25, -0.2) is 18.7 Å².